The lowest BCUT2D eigenvalue weighted by atomic mass is 10.1. The molecule has 0 aliphatic rings. The maximum Gasteiger partial charge on any atom is 0.328 e. The highest BCUT2D eigenvalue weighted by molar-refractivity contribution is 8.00. The molecular formula is C22H19N3O5S. The van der Waals surface area contributed by atoms with Gasteiger partial charge in [0.2, 0.25) is 11.8 Å². The van der Waals surface area contributed by atoms with Crippen molar-refractivity contribution >= 4 is 41.1 Å². The Kier molecular flexibility index (Phi) is 7.23. The smallest absolute Gasteiger partial charge is 0.328 e. The van der Waals surface area contributed by atoms with Crippen molar-refractivity contribution in [2.24, 2.45) is 0 Å². The zero-order valence-corrected chi connectivity index (χ0v) is 17.3. The summed E-state index contributed by atoms with van der Waals surface area (Å²) in [5.74, 6) is -1.06. The minimum atomic E-state index is -1.20. The molecule has 3 rings (SSSR count). The number of anilines is 2. The summed E-state index contributed by atoms with van der Waals surface area (Å²) >= 11 is 1.34. The lowest BCUT2D eigenvalue weighted by molar-refractivity contribution is -0.131. The van der Waals surface area contributed by atoms with E-state index >= 15 is 0 Å². The van der Waals surface area contributed by atoms with E-state index < -0.39 is 17.1 Å². The summed E-state index contributed by atoms with van der Waals surface area (Å²) < 4.78 is 5.00. The van der Waals surface area contributed by atoms with Crippen molar-refractivity contribution in [3.8, 4) is 0 Å². The van der Waals surface area contributed by atoms with Crippen molar-refractivity contribution in [3.05, 3.63) is 84.1 Å². The molecule has 2 aromatic carbocycles. The van der Waals surface area contributed by atoms with Crippen LogP contribution >= 0.6 is 11.8 Å². The zero-order valence-electron chi connectivity index (χ0n) is 16.4. The van der Waals surface area contributed by atoms with E-state index in [0.29, 0.717) is 17.3 Å². The zero-order chi connectivity index (χ0) is 22.2. The third kappa shape index (κ3) is 6.58. The quantitative estimate of drug-likeness (QED) is 0.359. The molecule has 0 bridgehead atoms. The summed E-state index contributed by atoms with van der Waals surface area (Å²) in [5, 5.41) is 17.2. The number of aliphatic carboxylic acids is 1. The first kappa shape index (κ1) is 21.8. The highest BCUT2D eigenvalue weighted by Crippen LogP contribution is 2.36. The third-order valence-electron chi connectivity index (χ3n) is 3.97. The molecule has 0 spiro atoms. The summed E-state index contributed by atoms with van der Waals surface area (Å²) in [6.45, 7) is 1.74. The van der Waals surface area contributed by atoms with Crippen LogP contribution < -0.4 is 10.6 Å². The number of aromatic nitrogens is 1. The van der Waals surface area contributed by atoms with Gasteiger partial charge in [-0.15, -0.1) is 11.8 Å². The van der Waals surface area contributed by atoms with Gasteiger partial charge in [0, 0.05) is 28.8 Å². The topological polar surface area (TPSA) is 122 Å². The van der Waals surface area contributed by atoms with E-state index in [9.17, 15) is 14.4 Å². The lowest BCUT2D eigenvalue weighted by Crippen LogP contribution is -2.19. The van der Waals surface area contributed by atoms with E-state index in [2.05, 4.69) is 15.8 Å². The van der Waals surface area contributed by atoms with Crippen LogP contribution in [0, 0.1) is 6.92 Å². The molecule has 1 aromatic heterocycles. The average Bonchev–Trinajstić information content (AvgIpc) is 3.16. The molecule has 9 heteroatoms. The van der Waals surface area contributed by atoms with Crippen molar-refractivity contribution < 1.29 is 24.0 Å². The molecule has 3 aromatic rings. The molecular weight excluding hydrogens is 418 g/mol. The molecule has 2 amide bonds. The molecule has 3 N–H and O–H groups in total. The van der Waals surface area contributed by atoms with E-state index in [1.165, 1.54) is 11.8 Å². The van der Waals surface area contributed by atoms with Gasteiger partial charge in [-0.2, -0.15) is 0 Å². The van der Waals surface area contributed by atoms with Gasteiger partial charge in [0.1, 0.15) is 11.0 Å². The minimum Gasteiger partial charge on any atom is -0.478 e. The molecule has 158 valence electrons. The average molecular weight is 437 g/mol. The number of thioether (sulfide) groups is 1. The molecule has 8 nitrogen and oxygen atoms in total. The van der Waals surface area contributed by atoms with Gasteiger partial charge in [-0.3, -0.25) is 9.59 Å². The minimum absolute atomic E-state index is 0.249. The first-order chi connectivity index (χ1) is 14.9. The fourth-order valence-corrected chi connectivity index (χ4v) is 3.63. The van der Waals surface area contributed by atoms with Crippen LogP contribution in [0.3, 0.4) is 0 Å². The maximum absolute atomic E-state index is 12.9. The van der Waals surface area contributed by atoms with Crippen molar-refractivity contribution in [1.29, 1.82) is 0 Å². The van der Waals surface area contributed by atoms with Gasteiger partial charge >= 0.3 is 5.97 Å². The van der Waals surface area contributed by atoms with Crippen LogP contribution in [0.2, 0.25) is 0 Å². The predicted octanol–water partition coefficient (Wildman–Crippen LogP) is 4.03. The van der Waals surface area contributed by atoms with Crippen LogP contribution in [0.5, 0.6) is 0 Å². The van der Waals surface area contributed by atoms with Crippen LogP contribution in [0.1, 0.15) is 16.6 Å². The van der Waals surface area contributed by atoms with Crippen LogP contribution in [-0.4, -0.2) is 28.0 Å². The maximum atomic E-state index is 12.9. The second-order valence-electron chi connectivity index (χ2n) is 6.41. The number of nitrogens with zero attached hydrogens (tertiary/aromatic N) is 1. The number of carboxylic acids is 1. The van der Waals surface area contributed by atoms with Gasteiger partial charge < -0.3 is 20.3 Å². The summed E-state index contributed by atoms with van der Waals surface area (Å²) in [6, 6.07) is 17.9. The molecule has 1 heterocycles. The highest BCUT2D eigenvalue weighted by atomic mass is 32.2. The Hall–Kier alpha value is -3.85. The third-order valence-corrected chi connectivity index (χ3v) is 5.24. The SMILES string of the molecule is Cc1cc(NC(=O)C(Sc2ccc(NC(=O)C=CC(=O)O)cc2)c2ccccc2)no1. The molecule has 0 aliphatic carbocycles. The first-order valence-corrected chi connectivity index (χ1v) is 10.1. The number of rotatable bonds is 8. The van der Waals surface area contributed by atoms with E-state index in [-0.39, 0.29) is 5.91 Å². The summed E-state index contributed by atoms with van der Waals surface area (Å²) in [6.07, 6.45) is 1.70. The number of carboxylic acid groups (broad SMARTS) is 1. The Morgan fingerprint density at radius 3 is 2.35 bits per heavy atom. The molecule has 31 heavy (non-hydrogen) atoms. The highest BCUT2D eigenvalue weighted by Gasteiger charge is 2.23. The Labute approximate surface area is 182 Å². The fourth-order valence-electron chi connectivity index (χ4n) is 2.60. The van der Waals surface area contributed by atoms with Crippen LogP contribution in [0.4, 0.5) is 11.5 Å². The van der Waals surface area contributed by atoms with Crippen molar-refractivity contribution in [1.82, 2.24) is 5.16 Å². The van der Waals surface area contributed by atoms with Gasteiger partial charge in [0.05, 0.1) is 0 Å². The molecule has 0 saturated heterocycles. The molecule has 0 aliphatic heterocycles. The van der Waals surface area contributed by atoms with E-state index in [1.54, 1.807) is 37.3 Å². The van der Waals surface area contributed by atoms with Crippen molar-refractivity contribution in [3.63, 3.8) is 0 Å². The van der Waals surface area contributed by atoms with Crippen LogP contribution in [-0.2, 0) is 14.4 Å². The summed E-state index contributed by atoms with van der Waals surface area (Å²) in [5.41, 5.74) is 1.32. The number of aryl methyl sites for hydroxylation is 1. The Morgan fingerprint density at radius 1 is 1.03 bits per heavy atom. The number of carbonyl (C=O) groups is 3. The van der Waals surface area contributed by atoms with Crippen LogP contribution in [0.25, 0.3) is 0 Å². The Morgan fingerprint density at radius 2 is 1.74 bits per heavy atom. The summed E-state index contributed by atoms with van der Waals surface area (Å²) in [4.78, 5) is 35.9. The van der Waals surface area contributed by atoms with Gasteiger partial charge in [-0.25, -0.2) is 4.79 Å². The second kappa shape index (κ2) is 10.3. The van der Waals surface area contributed by atoms with Crippen molar-refractivity contribution in [2.75, 3.05) is 10.6 Å². The van der Waals surface area contributed by atoms with E-state index in [1.807, 2.05) is 30.3 Å². The number of carbonyl (C=O) groups excluding carboxylic acids is 2. The molecule has 1 unspecified atom stereocenters. The Balaban J connectivity index is 1.72. The summed E-state index contributed by atoms with van der Waals surface area (Å²) in [7, 11) is 0. The van der Waals surface area contributed by atoms with Gasteiger partial charge in [-0.05, 0) is 36.8 Å². The number of benzene rings is 2. The largest absolute Gasteiger partial charge is 0.478 e. The number of hydrogen-bond donors (Lipinski definition) is 3. The van der Waals surface area contributed by atoms with Gasteiger partial charge in [0.15, 0.2) is 5.82 Å². The van der Waals surface area contributed by atoms with Crippen molar-refractivity contribution in [2.45, 2.75) is 17.1 Å². The van der Waals surface area contributed by atoms with E-state index in [4.69, 9.17) is 9.63 Å². The van der Waals surface area contributed by atoms with E-state index in [0.717, 1.165) is 22.6 Å². The monoisotopic (exact) mass is 437 g/mol. The normalized spacial score (nSPS) is 11.8. The fraction of sp³-hybridized carbons (Fsp3) is 0.0909. The number of nitrogens with one attached hydrogen (secondary N) is 2. The first-order valence-electron chi connectivity index (χ1n) is 9.18. The van der Waals surface area contributed by atoms with Crippen LogP contribution in [0.15, 0.2) is 82.2 Å². The standard InChI is InChI=1S/C22H19N3O5S/c1-14-13-18(25-30-14)24-22(29)21(15-5-3-2-4-6-15)31-17-9-7-16(8-10-17)23-19(26)11-12-20(27)28/h2-13,21H,1H3,(H,23,26)(H,27,28)(H,24,25,29). The molecule has 0 fully saturated rings. The number of amides is 2. The molecule has 1 atom stereocenters. The lowest BCUT2D eigenvalue weighted by Gasteiger charge is -2.16. The second-order valence-corrected chi connectivity index (χ2v) is 7.58. The molecule has 0 radical (unpaired) electrons. The Bertz CT molecular complexity index is 1090. The van der Waals surface area contributed by atoms with Gasteiger partial charge in [0.25, 0.3) is 0 Å². The predicted molar refractivity (Wildman–Crippen MR) is 117 cm³/mol. The van der Waals surface area contributed by atoms with Gasteiger partial charge in [-0.1, -0.05) is 35.5 Å². The molecule has 0 saturated carbocycles. The number of hydrogen-bond acceptors (Lipinski definition) is 6.